The number of nitrogens with zero attached hydrogens (tertiary/aromatic N) is 4. The van der Waals surface area contributed by atoms with Gasteiger partial charge in [0.05, 0.1) is 18.4 Å². The van der Waals surface area contributed by atoms with Gasteiger partial charge in [0, 0.05) is 29.9 Å². The maximum absolute atomic E-state index is 14.8. The Morgan fingerprint density at radius 3 is 2.72 bits per heavy atom. The van der Waals surface area contributed by atoms with E-state index in [0.29, 0.717) is 22.5 Å². The summed E-state index contributed by atoms with van der Waals surface area (Å²) in [5, 5.41) is 8.15. The summed E-state index contributed by atoms with van der Waals surface area (Å²) in [6.07, 6.45) is 4.53. The highest BCUT2D eigenvalue weighted by molar-refractivity contribution is 7.99. The fraction of sp³-hybridized carbons (Fsp3) is 0.250. The second-order valence-electron chi connectivity index (χ2n) is 7.60. The molecule has 0 N–H and O–H groups in total. The van der Waals surface area contributed by atoms with Crippen LogP contribution in [0.25, 0.3) is 11.3 Å². The zero-order valence-corrected chi connectivity index (χ0v) is 18.7. The van der Waals surface area contributed by atoms with Crippen LogP contribution in [-0.4, -0.2) is 43.2 Å². The monoisotopic (exact) mass is 450 g/mol. The molecule has 2 heterocycles. The topological polar surface area (TPSA) is 68.1 Å². The number of imide groups is 1. The van der Waals surface area contributed by atoms with Crippen LogP contribution in [0.1, 0.15) is 40.5 Å². The molecule has 0 saturated heterocycles. The minimum Gasteiger partial charge on any atom is -0.275 e. The van der Waals surface area contributed by atoms with Gasteiger partial charge in [0.25, 0.3) is 5.91 Å². The smallest absolute Gasteiger partial charge is 0.261 e. The molecule has 1 aliphatic heterocycles. The van der Waals surface area contributed by atoms with E-state index in [9.17, 15) is 14.0 Å². The Hall–Kier alpha value is -3.26. The Morgan fingerprint density at radius 1 is 1.22 bits per heavy atom. The molecular formula is C24H23FN4O2S. The van der Waals surface area contributed by atoms with Crippen molar-refractivity contribution in [2.75, 3.05) is 11.5 Å². The first kappa shape index (κ1) is 22.0. The van der Waals surface area contributed by atoms with E-state index in [-0.39, 0.29) is 24.2 Å². The summed E-state index contributed by atoms with van der Waals surface area (Å²) >= 11 is 1.84. The summed E-state index contributed by atoms with van der Waals surface area (Å²) in [4.78, 5) is 26.2. The standard InChI is InChI=1S/C24H23FN4O2S/c1-16-5-3-4-6-21(16)24(31)28(17(2)30)14-19-15-29(27-26-19)20-7-8-22(23(25)13-20)18-9-11-32-12-10-18/h3-9,13,15H,10-12,14H2,1-2H3. The van der Waals surface area contributed by atoms with E-state index < -0.39 is 0 Å². The first-order valence-corrected chi connectivity index (χ1v) is 11.5. The maximum atomic E-state index is 14.8. The molecule has 32 heavy (non-hydrogen) atoms. The second-order valence-corrected chi connectivity index (χ2v) is 8.75. The van der Waals surface area contributed by atoms with Crippen LogP contribution in [0.2, 0.25) is 0 Å². The quantitative estimate of drug-likeness (QED) is 0.576. The number of aromatic nitrogens is 3. The van der Waals surface area contributed by atoms with Crippen LogP contribution in [0.4, 0.5) is 4.39 Å². The van der Waals surface area contributed by atoms with Gasteiger partial charge in [0.15, 0.2) is 0 Å². The zero-order valence-electron chi connectivity index (χ0n) is 17.9. The lowest BCUT2D eigenvalue weighted by Crippen LogP contribution is -2.35. The molecule has 164 valence electrons. The molecule has 0 radical (unpaired) electrons. The lowest BCUT2D eigenvalue weighted by atomic mass is 10.0. The number of benzene rings is 2. The van der Waals surface area contributed by atoms with Crippen LogP contribution in [0.15, 0.2) is 54.7 Å². The predicted molar refractivity (Wildman–Crippen MR) is 123 cm³/mol. The van der Waals surface area contributed by atoms with Crippen molar-refractivity contribution in [2.45, 2.75) is 26.8 Å². The van der Waals surface area contributed by atoms with Crippen molar-refractivity contribution in [3.8, 4) is 5.69 Å². The zero-order chi connectivity index (χ0) is 22.7. The van der Waals surface area contributed by atoms with Gasteiger partial charge in [0.2, 0.25) is 5.91 Å². The second kappa shape index (κ2) is 9.48. The van der Waals surface area contributed by atoms with Crippen molar-refractivity contribution in [3.05, 3.63) is 82.9 Å². The fourth-order valence-electron chi connectivity index (χ4n) is 3.62. The average molecular weight is 451 g/mol. The van der Waals surface area contributed by atoms with Crippen molar-refractivity contribution < 1.29 is 14.0 Å². The minimum absolute atomic E-state index is 0.0202. The van der Waals surface area contributed by atoms with Crippen molar-refractivity contribution in [2.24, 2.45) is 0 Å². The molecule has 0 unspecified atom stereocenters. The molecule has 2 amide bonds. The Morgan fingerprint density at radius 2 is 2.03 bits per heavy atom. The van der Waals surface area contributed by atoms with Gasteiger partial charge in [-0.1, -0.05) is 29.5 Å². The normalized spacial score (nSPS) is 13.5. The molecule has 1 aromatic heterocycles. The van der Waals surface area contributed by atoms with Crippen LogP contribution in [0, 0.1) is 12.7 Å². The van der Waals surface area contributed by atoms with Crippen molar-refractivity contribution in [3.63, 3.8) is 0 Å². The van der Waals surface area contributed by atoms with Crippen LogP contribution >= 0.6 is 11.8 Å². The molecule has 8 heteroatoms. The molecule has 2 aromatic carbocycles. The number of carbonyl (C=O) groups is 2. The van der Waals surface area contributed by atoms with E-state index in [1.165, 1.54) is 17.7 Å². The summed E-state index contributed by atoms with van der Waals surface area (Å²) < 4.78 is 16.2. The molecule has 0 aliphatic carbocycles. The molecule has 0 fully saturated rings. The number of hydrogen-bond acceptors (Lipinski definition) is 5. The third-order valence-corrected chi connectivity index (χ3v) is 6.28. The number of thioether (sulfide) groups is 1. The summed E-state index contributed by atoms with van der Waals surface area (Å²) in [7, 11) is 0. The molecule has 0 spiro atoms. The number of aryl methyl sites for hydroxylation is 1. The lowest BCUT2D eigenvalue weighted by molar-refractivity contribution is -0.126. The van der Waals surface area contributed by atoms with Crippen LogP contribution < -0.4 is 0 Å². The summed E-state index contributed by atoms with van der Waals surface area (Å²) in [6, 6.07) is 12.1. The van der Waals surface area contributed by atoms with Crippen LogP contribution in [0.3, 0.4) is 0 Å². The summed E-state index contributed by atoms with van der Waals surface area (Å²) in [5.74, 6) is 0.809. The molecule has 6 nitrogen and oxygen atoms in total. The Kier molecular flexibility index (Phi) is 6.50. The highest BCUT2D eigenvalue weighted by Gasteiger charge is 2.23. The third kappa shape index (κ3) is 4.65. The van der Waals surface area contributed by atoms with Gasteiger partial charge in [-0.15, -0.1) is 5.10 Å². The molecule has 1 aliphatic rings. The van der Waals surface area contributed by atoms with Gasteiger partial charge in [0.1, 0.15) is 11.5 Å². The average Bonchev–Trinajstić information content (AvgIpc) is 3.26. The highest BCUT2D eigenvalue weighted by Crippen LogP contribution is 2.28. The van der Waals surface area contributed by atoms with Gasteiger partial charge >= 0.3 is 0 Å². The van der Waals surface area contributed by atoms with Crippen molar-refractivity contribution >= 4 is 29.1 Å². The number of allylic oxidation sites excluding steroid dienone is 1. The number of amides is 2. The third-order valence-electron chi connectivity index (χ3n) is 5.39. The van der Waals surface area contributed by atoms with Gasteiger partial charge < -0.3 is 0 Å². The Bertz CT molecular complexity index is 1200. The largest absolute Gasteiger partial charge is 0.275 e. The van der Waals surface area contributed by atoms with E-state index >= 15 is 0 Å². The van der Waals surface area contributed by atoms with Crippen LogP contribution in [0.5, 0.6) is 0 Å². The van der Waals surface area contributed by atoms with E-state index in [2.05, 4.69) is 16.4 Å². The minimum atomic E-state index is -0.389. The van der Waals surface area contributed by atoms with Crippen molar-refractivity contribution in [1.82, 2.24) is 19.9 Å². The fourth-order valence-corrected chi connectivity index (χ4v) is 4.47. The first-order valence-electron chi connectivity index (χ1n) is 10.3. The predicted octanol–water partition coefficient (Wildman–Crippen LogP) is 4.42. The van der Waals surface area contributed by atoms with E-state index in [0.717, 1.165) is 34.0 Å². The number of hydrogen-bond donors (Lipinski definition) is 0. The van der Waals surface area contributed by atoms with Crippen LogP contribution in [-0.2, 0) is 11.3 Å². The molecule has 4 rings (SSSR count). The number of carbonyl (C=O) groups excluding carboxylic acids is 2. The molecular weight excluding hydrogens is 427 g/mol. The van der Waals surface area contributed by atoms with Gasteiger partial charge in [-0.05, 0) is 48.4 Å². The molecule has 0 bridgehead atoms. The number of halogens is 1. The van der Waals surface area contributed by atoms with Gasteiger partial charge in [-0.2, -0.15) is 11.8 Å². The summed E-state index contributed by atoms with van der Waals surface area (Å²) in [6.45, 7) is 3.14. The van der Waals surface area contributed by atoms with E-state index in [1.807, 2.05) is 30.8 Å². The SMILES string of the molecule is CC(=O)N(Cc1cn(-c2ccc(C3=CCSCC3)c(F)c2)nn1)C(=O)c1ccccc1C. The van der Waals surface area contributed by atoms with E-state index in [4.69, 9.17) is 0 Å². The van der Waals surface area contributed by atoms with Gasteiger partial charge in [-0.25, -0.2) is 9.07 Å². The maximum Gasteiger partial charge on any atom is 0.261 e. The first-order chi connectivity index (χ1) is 15.4. The Balaban J connectivity index is 1.54. The highest BCUT2D eigenvalue weighted by atomic mass is 32.2. The molecule has 0 atom stereocenters. The van der Waals surface area contributed by atoms with Crippen molar-refractivity contribution in [1.29, 1.82) is 0 Å². The van der Waals surface area contributed by atoms with Gasteiger partial charge in [-0.3, -0.25) is 14.5 Å². The number of rotatable bonds is 5. The molecule has 3 aromatic rings. The molecule has 0 saturated carbocycles. The Labute approximate surface area is 190 Å². The van der Waals surface area contributed by atoms with E-state index in [1.54, 1.807) is 30.5 Å². The lowest BCUT2D eigenvalue weighted by Gasteiger charge is -2.18. The summed E-state index contributed by atoms with van der Waals surface area (Å²) in [5.41, 5.74) is 3.84.